The fourth-order valence-corrected chi connectivity index (χ4v) is 1.20. The van der Waals surface area contributed by atoms with Crippen molar-refractivity contribution in [2.24, 2.45) is 0 Å². The standard InChI is InChI=1S/C10H8N2O/c1-7(13)9-3-2-8-4-5-11-12-10(8)6-9/h2-6H,1H3. The molecule has 0 aliphatic heterocycles. The van der Waals surface area contributed by atoms with Crippen LogP contribution in [0.2, 0.25) is 0 Å². The highest BCUT2D eigenvalue weighted by atomic mass is 16.1. The van der Waals surface area contributed by atoms with E-state index in [1.54, 1.807) is 18.3 Å². The van der Waals surface area contributed by atoms with Gasteiger partial charge in [0.05, 0.1) is 11.7 Å². The van der Waals surface area contributed by atoms with Gasteiger partial charge in [-0.2, -0.15) is 10.2 Å². The normalized spacial score (nSPS) is 10.2. The highest BCUT2D eigenvalue weighted by molar-refractivity contribution is 5.97. The molecule has 2 aromatic rings. The molecular formula is C10H8N2O. The zero-order valence-electron chi connectivity index (χ0n) is 7.19. The maximum Gasteiger partial charge on any atom is 0.159 e. The molecule has 0 aliphatic carbocycles. The number of ketones is 1. The van der Waals surface area contributed by atoms with E-state index in [9.17, 15) is 4.79 Å². The van der Waals surface area contributed by atoms with Crippen molar-refractivity contribution in [3.05, 3.63) is 36.0 Å². The summed E-state index contributed by atoms with van der Waals surface area (Å²) in [5.74, 6) is 0.0487. The molecule has 0 amide bonds. The highest BCUT2D eigenvalue weighted by Crippen LogP contribution is 2.12. The Labute approximate surface area is 75.4 Å². The number of carbonyl (C=O) groups excluding carboxylic acids is 1. The number of Topliss-reactive ketones (excluding diaryl/α,β-unsaturated/α-hetero) is 1. The van der Waals surface area contributed by atoms with E-state index in [4.69, 9.17) is 0 Å². The van der Waals surface area contributed by atoms with E-state index in [-0.39, 0.29) is 5.78 Å². The van der Waals surface area contributed by atoms with Gasteiger partial charge in [0.1, 0.15) is 0 Å². The SMILES string of the molecule is CC(=O)c1ccc2ccnnc2c1. The molecule has 0 saturated carbocycles. The van der Waals surface area contributed by atoms with Crippen LogP contribution < -0.4 is 0 Å². The van der Waals surface area contributed by atoms with Crippen LogP contribution >= 0.6 is 0 Å². The lowest BCUT2D eigenvalue weighted by Crippen LogP contribution is -1.92. The molecule has 1 aromatic heterocycles. The minimum absolute atomic E-state index is 0.0487. The lowest BCUT2D eigenvalue weighted by Gasteiger charge is -1.97. The third kappa shape index (κ3) is 1.40. The van der Waals surface area contributed by atoms with Gasteiger partial charge in [-0.05, 0) is 19.1 Å². The second-order valence-electron chi connectivity index (χ2n) is 2.86. The summed E-state index contributed by atoms with van der Waals surface area (Å²) < 4.78 is 0. The van der Waals surface area contributed by atoms with Crippen LogP contribution in [0.25, 0.3) is 10.9 Å². The van der Waals surface area contributed by atoms with Crippen molar-refractivity contribution in [2.75, 3.05) is 0 Å². The molecule has 2 rings (SSSR count). The lowest BCUT2D eigenvalue weighted by atomic mass is 10.1. The molecule has 3 heteroatoms. The molecule has 0 N–H and O–H groups in total. The maximum atomic E-state index is 11.0. The predicted octanol–water partition coefficient (Wildman–Crippen LogP) is 1.83. The van der Waals surface area contributed by atoms with Gasteiger partial charge >= 0.3 is 0 Å². The molecule has 64 valence electrons. The monoisotopic (exact) mass is 172 g/mol. The second-order valence-corrected chi connectivity index (χ2v) is 2.86. The minimum Gasteiger partial charge on any atom is -0.295 e. The van der Waals surface area contributed by atoms with Crippen LogP contribution in [-0.2, 0) is 0 Å². The summed E-state index contributed by atoms with van der Waals surface area (Å²) >= 11 is 0. The first kappa shape index (κ1) is 7.86. The number of hydrogen-bond acceptors (Lipinski definition) is 3. The summed E-state index contributed by atoms with van der Waals surface area (Å²) in [6, 6.07) is 7.30. The van der Waals surface area contributed by atoms with Crippen molar-refractivity contribution < 1.29 is 4.79 Å². The molecule has 0 aliphatic rings. The molecule has 0 atom stereocenters. The van der Waals surface area contributed by atoms with Crippen LogP contribution in [0.15, 0.2) is 30.5 Å². The molecule has 1 aromatic carbocycles. The van der Waals surface area contributed by atoms with Gasteiger partial charge in [-0.15, -0.1) is 0 Å². The van der Waals surface area contributed by atoms with Gasteiger partial charge in [0, 0.05) is 10.9 Å². The lowest BCUT2D eigenvalue weighted by molar-refractivity contribution is 0.101. The molecular weight excluding hydrogens is 164 g/mol. The Morgan fingerprint density at radius 1 is 1.31 bits per heavy atom. The van der Waals surface area contributed by atoms with Gasteiger partial charge in [-0.1, -0.05) is 12.1 Å². The average Bonchev–Trinajstić information content (AvgIpc) is 2.17. The van der Waals surface area contributed by atoms with Crippen molar-refractivity contribution in [3.8, 4) is 0 Å². The van der Waals surface area contributed by atoms with Crippen molar-refractivity contribution in [3.63, 3.8) is 0 Å². The average molecular weight is 172 g/mol. The first-order valence-corrected chi connectivity index (χ1v) is 4.00. The molecule has 0 radical (unpaired) electrons. The van der Waals surface area contributed by atoms with Crippen molar-refractivity contribution in [1.82, 2.24) is 10.2 Å². The molecule has 3 nitrogen and oxygen atoms in total. The Balaban J connectivity index is 2.69. The quantitative estimate of drug-likeness (QED) is 0.616. The summed E-state index contributed by atoms with van der Waals surface area (Å²) in [5, 5.41) is 8.67. The van der Waals surface area contributed by atoms with E-state index >= 15 is 0 Å². The Hall–Kier alpha value is -1.77. The molecule has 1 heterocycles. The number of aromatic nitrogens is 2. The number of benzene rings is 1. The maximum absolute atomic E-state index is 11.0. The topological polar surface area (TPSA) is 42.9 Å². The fourth-order valence-electron chi connectivity index (χ4n) is 1.20. The largest absolute Gasteiger partial charge is 0.295 e. The van der Waals surface area contributed by atoms with E-state index in [1.165, 1.54) is 6.92 Å². The Morgan fingerprint density at radius 3 is 2.92 bits per heavy atom. The number of hydrogen-bond donors (Lipinski definition) is 0. The van der Waals surface area contributed by atoms with Crippen LogP contribution in [0.3, 0.4) is 0 Å². The van der Waals surface area contributed by atoms with Gasteiger partial charge in [0.15, 0.2) is 5.78 Å². The van der Waals surface area contributed by atoms with Crippen LogP contribution in [0, 0.1) is 0 Å². The molecule has 0 fully saturated rings. The van der Waals surface area contributed by atoms with Crippen molar-refractivity contribution in [1.29, 1.82) is 0 Å². The van der Waals surface area contributed by atoms with Gasteiger partial charge in [-0.25, -0.2) is 0 Å². The Kier molecular flexibility index (Phi) is 1.77. The van der Waals surface area contributed by atoms with E-state index in [0.717, 1.165) is 10.9 Å². The van der Waals surface area contributed by atoms with Crippen LogP contribution in [0.4, 0.5) is 0 Å². The molecule has 0 bridgehead atoms. The number of fused-ring (bicyclic) bond motifs is 1. The first-order chi connectivity index (χ1) is 6.27. The molecule has 0 spiro atoms. The highest BCUT2D eigenvalue weighted by Gasteiger charge is 2.00. The minimum atomic E-state index is 0.0487. The summed E-state index contributed by atoms with van der Waals surface area (Å²) in [7, 11) is 0. The zero-order chi connectivity index (χ0) is 9.26. The van der Waals surface area contributed by atoms with Gasteiger partial charge in [-0.3, -0.25) is 4.79 Å². The molecule has 0 unspecified atom stereocenters. The summed E-state index contributed by atoms with van der Waals surface area (Å²) in [5.41, 5.74) is 1.43. The van der Waals surface area contributed by atoms with Crippen LogP contribution in [0.5, 0.6) is 0 Å². The summed E-state index contributed by atoms with van der Waals surface area (Å²) in [4.78, 5) is 11.0. The third-order valence-corrected chi connectivity index (χ3v) is 1.92. The van der Waals surface area contributed by atoms with E-state index in [2.05, 4.69) is 10.2 Å². The number of carbonyl (C=O) groups is 1. The van der Waals surface area contributed by atoms with Crippen molar-refractivity contribution >= 4 is 16.7 Å². The summed E-state index contributed by atoms with van der Waals surface area (Å²) in [6.45, 7) is 1.54. The third-order valence-electron chi connectivity index (χ3n) is 1.92. The van der Waals surface area contributed by atoms with Gasteiger partial charge in [0.25, 0.3) is 0 Å². The number of nitrogens with zero attached hydrogens (tertiary/aromatic N) is 2. The predicted molar refractivity (Wildman–Crippen MR) is 49.5 cm³/mol. The Bertz CT molecular complexity index is 465. The second kappa shape index (κ2) is 2.94. The van der Waals surface area contributed by atoms with Gasteiger partial charge < -0.3 is 0 Å². The molecule has 0 saturated heterocycles. The Morgan fingerprint density at radius 2 is 2.15 bits per heavy atom. The molecule has 13 heavy (non-hydrogen) atoms. The van der Waals surface area contributed by atoms with E-state index in [1.807, 2.05) is 12.1 Å². The van der Waals surface area contributed by atoms with E-state index in [0.29, 0.717) is 5.56 Å². The first-order valence-electron chi connectivity index (χ1n) is 4.00. The smallest absolute Gasteiger partial charge is 0.159 e. The van der Waals surface area contributed by atoms with Crippen molar-refractivity contribution in [2.45, 2.75) is 6.92 Å². The summed E-state index contributed by atoms with van der Waals surface area (Å²) in [6.07, 6.45) is 1.63. The van der Waals surface area contributed by atoms with Gasteiger partial charge in [0.2, 0.25) is 0 Å². The number of rotatable bonds is 1. The zero-order valence-corrected chi connectivity index (χ0v) is 7.19. The van der Waals surface area contributed by atoms with Crippen LogP contribution in [-0.4, -0.2) is 16.0 Å². The van der Waals surface area contributed by atoms with E-state index < -0.39 is 0 Å². The fraction of sp³-hybridized carbons (Fsp3) is 0.100. The van der Waals surface area contributed by atoms with Crippen LogP contribution in [0.1, 0.15) is 17.3 Å².